The van der Waals surface area contributed by atoms with Gasteiger partial charge in [0.1, 0.15) is 11.4 Å². The summed E-state index contributed by atoms with van der Waals surface area (Å²) in [5, 5.41) is 11.1. The van der Waals surface area contributed by atoms with E-state index in [4.69, 9.17) is 4.74 Å². The van der Waals surface area contributed by atoms with Gasteiger partial charge in [0, 0.05) is 6.20 Å². The van der Waals surface area contributed by atoms with Gasteiger partial charge in [-0.2, -0.15) is 13.2 Å². The van der Waals surface area contributed by atoms with E-state index in [0.29, 0.717) is 28.1 Å². The highest BCUT2D eigenvalue weighted by atomic mass is 32.2. The Bertz CT molecular complexity index is 1280. The van der Waals surface area contributed by atoms with Crippen LogP contribution in [0, 0.1) is 0 Å². The molecule has 34 heavy (non-hydrogen) atoms. The largest absolute Gasteiger partial charge is 0.497 e. The average Bonchev–Trinajstić information content (AvgIpc) is 3.27. The first-order chi connectivity index (χ1) is 16.4. The number of hydrogen-bond acceptors (Lipinski definition) is 6. The van der Waals surface area contributed by atoms with Crippen LogP contribution in [0.1, 0.15) is 5.56 Å². The van der Waals surface area contributed by atoms with Gasteiger partial charge in [-0.25, -0.2) is 0 Å². The number of carbonyl (C=O) groups excluding carboxylic acids is 1. The predicted molar refractivity (Wildman–Crippen MR) is 122 cm³/mol. The Kier molecular flexibility index (Phi) is 6.82. The van der Waals surface area contributed by atoms with Crippen molar-refractivity contribution < 1.29 is 22.7 Å². The number of amides is 1. The summed E-state index contributed by atoms with van der Waals surface area (Å²) in [4.78, 5) is 16.8. The monoisotopic (exact) mass is 485 g/mol. The molecule has 2 heterocycles. The molecule has 7 nitrogen and oxygen atoms in total. The molecule has 4 aromatic rings. The Morgan fingerprint density at radius 2 is 1.76 bits per heavy atom. The third kappa shape index (κ3) is 5.20. The smallest absolute Gasteiger partial charge is 0.418 e. The van der Waals surface area contributed by atoms with Crippen molar-refractivity contribution in [3.05, 3.63) is 78.5 Å². The third-order valence-corrected chi connectivity index (χ3v) is 5.63. The van der Waals surface area contributed by atoms with Crippen LogP contribution in [0.3, 0.4) is 0 Å². The molecule has 1 amide bonds. The van der Waals surface area contributed by atoms with Crippen LogP contribution >= 0.6 is 11.8 Å². The highest BCUT2D eigenvalue weighted by molar-refractivity contribution is 7.99. The van der Waals surface area contributed by atoms with Gasteiger partial charge in [-0.1, -0.05) is 30.0 Å². The van der Waals surface area contributed by atoms with Gasteiger partial charge in [0.25, 0.3) is 0 Å². The van der Waals surface area contributed by atoms with E-state index in [2.05, 4.69) is 20.5 Å². The molecule has 0 bridgehead atoms. The summed E-state index contributed by atoms with van der Waals surface area (Å²) >= 11 is 1.05. The average molecular weight is 485 g/mol. The third-order valence-electron chi connectivity index (χ3n) is 4.70. The lowest BCUT2D eigenvalue weighted by atomic mass is 10.1. The predicted octanol–water partition coefficient (Wildman–Crippen LogP) is 5.09. The van der Waals surface area contributed by atoms with Gasteiger partial charge in [-0.15, -0.1) is 10.2 Å². The number of halogens is 3. The molecule has 0 atom stereocenters. The molecule has 1 N–H and O–H groups in total. The lowest BCUT2D eigenvalue weighted by Gasteiger charge is -2.13. The molecule has 2 aromatic heterocycles. The fraction of sp³-hybridized carbons (Fsp3) is 0.130. The van der Waals surface area contributed by atoms with Crippen molar-refractivity contribution in [2.75, 3.05) is 18.2 Å². The van der Waals surface area contributed by atoms with E-state index in [-0.39, 0.29) is 11.4 Å². The van der Waals surface area contributed by atoms with E-state index in [1.807, 2.05) is 6.07 Å². The number of nitrogens with zero attached hydrogens (tertiary/aromatic N) is 4. The van der Waals surface area contributed by atoms with Gasteiger partial charge in [0.15, 0.2) is 11.0 Å². The number of alkyl halides is 3. The van der Waals surface area contributed by atoms with Crippen molar-refractivity contribution in [1.29, 1.82) is 0 Å². The molecule has 0 saturated heterocycles. The molecule has 11 heteroatoms. The molecule has 0 spiro atoms. The van der Waals surface area contributed by atoms with E-state index in [1.54, 1.807) is 54.3 Å². The highest BCUT2D eigenvalue weighted by Gasteiger charge is 2.33. The molecule has 0 aliphatic heterocycles. The number of rotatable bonds is 7. The zero-order valence-electron chi connectivity index (χ0n) is 17.8. The number of thioether (sulfide) groups is 1. The first-order valence-corrected chi connectivity index (χ1v) is 11.0. The lowest BCUT2D eigenvalue weighted by molar-refractivity contribution is -0.137. The molecule has 0 aliphatic rings. The Labute approximate surface area is 197 Å². The summed E-state index contributed by atoms with van der Waals surface area (Å²) in [5.74, 6) is 0.331. The van der Waals surface area contributed by atoms with Gasteiger partial charge < -0.3 is 10.1 Å². The second kappa shape index (κ2) is 9.96. The number of para-hydroxylation sites is 1. The van der Waals surface area contributed by atoms with Crippen LogP contribution in [-0.2, 0) is 11.0 Å². The minimum absolute atomic E-state index is 0.178. The van der Waals surface area contributed by atoms with Crippen molar-refractivity contribution >= 4 is 23.4 Å². The van der Waals surface area contributed by atoms with Crippen LogP contribution in [0.4, 0.5) is 18.9 Å². The minimum atomic E-state index is -4.58. The number of ether oxygens (including phenoxy) is 1. The first-order valence-electron chi connectivity index (χ1n) is 9.97. The van der Waals surface area contributed by atoms with Crippen molar-refractivity contribution in [1.82, 2.24) is 19.7 Å². The fourth-order valence-electron chi connectivity index (χ4n) is 3.14. The van der Waals surface area contributed by atoms with Crippen LogP contribution in [0.2, 0.25) is 0 Å². The van der Waals surface area contributed by atoms with E-state index in [1.165, 1.54) is 18.2 Å². The standard InChI is InChI=1S/C23H18F3N5O2S/c1-33-16-11-9-15(10-12-16)31-21(19-8-4-5-13-27-19)29-30-22(31)34-14-20(32)28-18-7-3-2-6-17(18)23(24,25)26/h2-13H,14H2,1H3,(H,28,32). The van der Waals surface area contributed by atoms with E-state index in [9.17, 15) is 18.0 Å². The number of methoxy groups -OCH3 is 1. The Morgan fingerprint density at radius 3 is 2.44 bits per heavy atom. The summed E-state index contributed by atoms with van der Waals surface area (Å²) in [6, 6.07) is 17.3. The minimum Gasteiger partial charge on any atom is -0.497 e. The second-order valence-electron chi connectivity index (χ2n) is 6.93. The Hall–Kier alpha value is -3.86. The van der Waals surface area contributed by atoms with Crippen LogP contribution in [0.15, 0.2) is 78.1 Å². The highest BCUT2D eigenvalue weighted by Crippen LogP contribution is 2.35. The Balaban J connectivity index is 1.59. The number of hydrogen-bond donors (Lipinski definition) is 1. The Morgan fingerprint density at radius 1 is 1.03 bits per heavy atom. The van der Waals surface area contributed by atoms with Crippen molar-refractivity contribution in [2.24, 2.45) is 0 Å². The summed E-state index contributed by atoms with van der Waals surface area (Å²) in [6.45, 7) is 0. The summed E-state index contributed by atoms with van der Waals surface area (Å²) in [7, 11) is 1.56. The number of benzene rings is 2. The summed E-state index contributed by atoms with van der Waals surface area (Å²) < 4.78 is 46.6. The summed E-state index contributed by atoms with van der Waals surface area (Å²) in [5.41, 5.74) is 0.0663. The number of aromatic nitrogens is 4. The molecule has 0 aliphatic carbocycles. The van der Waals surface area contributed by atoms with E-state index < -0.39 is 17.6 Å². The van der Waals surface area contributed by atoms with Crippen LogP contribution in [0.5, 0.6) is 5.75 Å². The molecule has 174 valence electrons. The van der Waals surface area contributed by atoms with Gasteiger partial charge >= 0.3 is 6.18 Å². The molecule has 0 unspecified atom stereocenters. The molecule has 4 rings (SSSR count). The van der Waals surface area contributed by atoms with Gasteiger partial charge in [0.05, 0.1) is 29.8 Å². The van der Waals surface area contributed by atoms with Crippen LogP contribution in [0.25, 0.3) is 17.2 Å². The van der Waals surface area contributed by atoms with E-state index >= 15 is 0 Å². The SMILES string of the molecule is COc1ccc(-n2c(SCC(=O)Nc3ccccc3C(F)(F)F)nnc2-c2ccccn2)cc1. The normalized spacial score (nSPS) is 11.3. The first kappa shape index (κ1) is 23.3. The van der Waals surface area contributed by atoms with E-state index in [0.717, 1.165) is 17.8 Å². The van der Waals surface area contributed by atoms with Crippen LogP contribution in [-0.4, -0.2) is 38.5 Å². The molecular weight excluding hydrogens is 467 g/mol. The summed E-state index contributed by atoms with van der Waals surface area (Å²) in [6.07, 6.45) is -2.95. The zero-order valence-corrected chi connectivity index (χ0v) is 18.6. The van der Waals surface area contributed by atoms with Gasteiger partial charge in [-0.05, 0) is 48.5 Å². The maximum absolute atomic E-state index is 13.2. The number of carbonyl (C=O) groups is 1. The molecule has 2 aromatic carbocycles. The number of anilines is 1. The molecule has 0 fully saturated rings. The maximum Gasteiger partial charge on any atom is 0.418 e. The van der Waals surface area contributed by atoms with Crippen molar-refractivity contribution in [3.63, 3.8) is 0 Å². The quantitative estimate of drug-likeness (QED) is 0.368. The van der Waals surface area contributed by atoms with Gasteiger partial charge in [0.2, 0.25) is 5.91 Å². The zero-order chi connectivity index (χ0) is 24.1. The van der Waals surface area contributed by atoms with Crippen molar-refractivity contribution in [2.45, 2.75) is 11.3 Å². The lowest BCUT2D eigenvalue weighted by Crippen LogP contribution is -2.18. The molecule has 0 radical (unpaired) electrons. The van der Waals surface area contributed by atoms with Crippen LogP contribution < -0.4 is 10.1 Å². The second-order valence-corrected chi connectivity index (χ2v) is 7.88. The topological polar surface area (TPSA) is 81.9 Å². The number of pyridine rings is 1. The van der Waals surface area contributed by atoms with Crippen molar-refractivity contribution in [3.8, 4) is 23.0 Å². The van der Waals surface area contributed by atoms with Gasteiger partial charge in [-0.3, -0.25) is 14.3 Å². The maximum atomic E-state index is 13.2. The fourth-order valence-corrected chi connectivity index (χ4v) is 3.90. The number of nitrogens with one attached hydrogen (secondary N) is 1. The molecular formula is C23H18F3N5O2S. The molecule has 0 saturated carbocycles.